The van der Waals surface area contributed by atoms with Gasteiger partial charge in [0.1, 0.15) is 5.75 Å². The normalized spacial score (nSPS) is 25.0. The Morgan fingerprint density at radius 1 is 1.42 bits per heavy atom. The number of fused-ring (bicyclic) bond motifs is 3. The van der Waals surface area contributed by atoms with Gasteiger partial charge in [0.15, 0.2) is 0 Å². The Morgan fingerprint density at radius 2 is 2.15 bits per heavy atom. The molecule has 3 aliphatic heterocycles. The predicted molar refractivity (Wildman–Crippen MR) is 105 cm³/mol. The fourth-order valence-electron chi connectivity index (χ4n) is 3.67. The highest BCUT2D eigenvalue weighted by Gasteiger charge is 2.35. The third-order valence-corrected chi connectivity index (χ3v) is 5.47. The predicted octanol–water partition coefficient (Wildman–Crippen LogP) is 2.44. The van der Waals surface area contributed by atoms with Crippen LogP contribution in [0, 0.1) is 5.92 Å². The van der Waals surface area contributed by atoms with Crippen molar-refractivity contribution in [2.45, 2.75) is 18.9 Å². The second-order valence-corrected chi connectivity index (χ2v) is 7.70. The van der Waals surface area contributed by atoms with Crippen LogP contribution in [0.25, 0.3) is 0 Å². The van der Waals surface area contributed by atoms with E-state index in [0.717, 1.165) is 32.5 Å². The molecule has 4 rings (SSSR count). The van der Waals surface area contributed by atoms with Gasteiger partial charge in [-0.1, -0.05) is 11.6 Å². The number of nitrogens with zero attached hydrogens (tertiary/aromatic N) is 3. The van der Waals surface area contributed by atoms with Crippen LogP contribution in [-0.2, 0) is 0 Å². The maximum absolute atomic E-state index is 12.8. The van der Waals surface area contributed by atoms with E-state index in [2.05, 4.69) is 15.2 Å². The van der Waals surface area contributed by atoms with E-state index in [0.29, 0.717) is 34.5 Å². The van der Waals surface area contributed by atoms with Crippen molar-refractivity contribution < 1.29 is 9.53 Å². The summed E-state index contributed by atoms with van der Waals surface area (Å²) in [5.41, 5.74) is 1.06. The molecule has 1 amide bonds. The van der Waals surface area contributed by atoms with Crippen molar-refractivity contribution in [1.82, 2.24) is 15.1 Å². The van der Waals surface area contributed by atoms with Crippen molar-refractivity contribution >= 4 is 29.4 Å². The molecule has 0 aliphatic carbocycles. The number of rotatable bonds is 6. The van der Waals surface area contributed by atoms with Crippen molar-refractivity contribution in [3.63, 3.8) is 0 Å². The molecule has 0 aromatic heterocycles. The molecule has 3 saturated heterocycles. The molecule has 1 aromatic rings. The van der Waals surface area contributed by atoms with Crippen LogP contribution in [0.2, 0.25) is 5.02 Å². The standard InChI is InChI=1S/C19H27ClN4O2/c1-23(2)9-6-21-16-11-18(26-3)14(10-15(16)20)19(25)22-17-12-24-7-4-13(17)5-8-24/h6,10-11,13,17H,4-5,7-9,12H2,1-3H3,(H,22,25). The summed E-state index contributed by atoms with van der Waals surface area (Å²) in [4.78, 5) is 21.6. The van der Waals surface area contributed by atoms with Gasteiger partial charge in [-0.2, -0.15) is 0 Å². The van der Waals surface area contributed by atoms with Crippen LogP contribution in [-0.4, -0.2) is 75.3 Å². The molecule has 3 aliphatic rings. The Kier molecular flexibility index (Phi) is 6.16. The van der Waals surface area contributed by atoms with Crippen molar-refractivity contribution in [2.75, 3.05) is 47.4 Å². The van der Waals surface area contributed by atoms with E-state index in [1.54, 1.807) is 25.5 Å². The Bertz CT molecular complexity index is 684. The molecular weight excluding hydrogens is 352 g/mol. The van der Waals surface area contributed by atoms with Gasteiger partial charge < -0.3 is 19.9 Å². The maximum atomic E-state index is 12.8. The maximum Gasteiger partial charge on any atom is 0.255 e. The molecule has 0 saturated carbocycles. The number of hydrogen-bond donors (Lipinski definition) is 1. The molecular formula is C19H27ClN4O2. The van der Waals surface area contributed by atoms with Crippen molar-refractivity contribution in [2.24, 2.45) is 10.9 Å². The lowest BCUT2D eigenvalue weighted by Gasteiger charge is -2.44. The monoisotopic (exact) mass is 378 g/mol. The van der Waals surface area contributed by atoms with E-state index in [1.807, 2.05) is 19.0 Å². The highest BCUT2D eigenvalue weighted by Crippen LogP contribution is 2.33. The minimum Gasteiger partial charge on any atom is -0.496 e. The topological polar surface area (TPSA) is 57.2 Å². The van der Waals surface area contributed by atoms with Crippen LogP contribution >= 0.6 is 11.6 Å². The number of carbonyl (C=O) groups excluding carboxylic acids is 1. The summed E-state index contributed by atoms with van der Waals surface area (Å²) in [6, 6.07) is 3.57. The molecule has 6 nitrogen and oxygen atoms in total. The van der Waals surface area contributed by atoms with Gasteiger partial charge in [-0.15, -0.1) is 0 Å². The zero-order valence-corrected chi connectivity index (χ0v) is 16.4. The summed E-state index contributed by atoms with van der Waals surface area (Å²) in [6.45, 7) is 3.93. The molecule has 0 spiro atoms. The summed E-state index contributed by atoms with van der Waals surface area (Å²) in [5.74, 6) is 0.928. The average Bonchev–Trinajstić information content (AvgIpc) is 2.63. The number of hydrogen-bond acceptors (Lipinski definition) is 5. The van der Waals surface area contributed by atoms with Gasteiger partial charge >= 0.3 is 0 Å². The van der Waals surface area contributed by atoms with E-state index in [9.17, 15) is 4.79 Å². The highest BCUT2D eigenvalue weighted by molar-refractivity contribution is 6.33. The van der Waals surface area contributed by atoms with E-state index in [4.69, 9.17) is 16.3 Å². The zero-order chi connectivity index (χ0) is 18.7. The van der Waals surface area contributed by atoms with Crippen LogP contribution in [0.4, 0.5) is 5.69 Å². The fourth-order valence-corrected chi connectivity index (χ4v) is 3.88. The SMILES string of the molecule is COc1cc(N=CCN(C)C)c(Cl)cc1C(=O)NC1CN2CCC1CC2. The number of amides is 1. The number of carbonyl (C=O) groups is 1. The Labute approximate surface area is 160 Å². The number of halogens is 1. The van der Waals surface area contributed by atoms with Crippen LogP contribution in [0.3, 0.4) is 0 Å². The first-order valence-corrected chi connectivity index (χ1v) is 9.43. The van der Waals surface area contributed by atoms with Crippen LogP contribution < -0.4 is 10.1 Å². The van der Waals surface area contributed by atoms with E-state index in [-0.39, 0.29) is 11.9 Å². The number of benzene rings is 1. The molecule has 7 heteroatoms. The van der Waals surface area contributed by atoms with Crippen LogP contribution in [0.1, 0.15) is 23.2 Å². The lowest BCUT2D eigenvalue weighted by atomic mass is 9.84. The number of methoxy groups -OCH3 is 1. The molecule has 142 valence electrons. The first-order chi connectivity index (χ1) is 12.5. The van der Waals surface area contributed by atoms with E-state index >= 15 is 0 Å². The van der Waals surface area contributed by atoms with Crippen molar-refractivity contribution in [3.8, 4) is 5.75 Å². The average molecular weight is 379 g/mol. The molecule has 1 unspecified atom stereocenters. The Hall–Kier alpha value is -1.63. The summed E-state index contributed by atoms with van der Waals surface area (Å²) >= 11 is 6.35. The molecule has 3 fully saturated rings. The molecule has 1 aromatic carbocycles. The Balaban J connectivity index is 1.75. The van der Waals surface area contributed by atoms with Gasteiger partial charge in [0.05, 0.1) is 23.4 Å². The van der Waals surface area contributed by atoms with Gasteiger partial charge in [0.2, 0.25) is 0 Å². The third-order valence-electron chi connectivity index (χ3n) is 5.16. The second kappa shape index (κ2) is 8.37. The lowest BCUT2D eigenvalue weighted by Crippen LogP contribution is -2.57. The zero-order valence-electron chi connectivity index (χ0n) is 15.7. The molecule has 2 bridgehead atoms. The fraction of sp³-hybridized carbons (Fsp3) is 0.579. The summed E-state index contributed by atoms with van der Waals surface area (Å²) in [7, 11) is 5.49. The number of nitrogens with one attached hydrogen (secondary N) is 1. The van der Waals surface area contributed by atoms with Gasteiger partial charge in [0.25, 0.3) is 5.91 Å². The van der Waals surface area contributed by atoms with Gasteiger partial charge in [-0.25, -0.2) is 0 Å². The summed E-state index contributed by atoms with van der Waals surface area (Å²) in [6.07, 6.45) is 4.10. The first-order valence-electron chi connectivity index (χ1n) is 9.06. The quantitative estimate of drug-likeness (QED) is 0.772. The second-order valence-electron chi connectivity index (χ2n) is 7.30. The van der Waals surface area contributed by atoms with Crippen molar-refractivity contribution in [3.05, 3.63) is 22.7 Å². The summed E-state index contributed by atoms with van der Waals surface area (Å²) < 4.78 is 5.43. The smallest absolute Gasteiger partial charge is 0.255 e. The minimum atomic E-state index is -0.133. The van der Waals surface area contributed by atoms with E-state index in [1.165, 1.54) is 0 Å². The molecule has 1 atom stereocenters. The first kappa shape index (κ1) is 19.1. The molecule has 1 N–H and O–H groups in total. The van der Waals surface area contributed by atoms with Crippen LogP contribution in [0.15, 0.2) is 17.1 Å². The molecule has 3 heterocycles. The minimum absolute atomic E-state index is 0.133. The number of piperidine rings is 3. The van der Waals surface area contributed by atoms with Gasteiger partial charge in [-0.05, 0) is 52.0 Å². The largest absolute Gasteiger partial charge is 0.496 e. The Morgan fingerprint density at radius 3 is 2.73 bits per heavy atom. The number of ether oxygens (including phenoxy) is 1. The van der Waals surface area contributed by atoms with E-state index < -0.39 is 0 Å². The lowest BCUT2D eigenvalue weighted by molar-refractivity contribution is 0.0619. The number of aliphatic imine (C=N–C) groups is 1. The van der Waals surface area contributed by atoms with Gasteiger partial charge in [0, 0.05) is 31.4 Å². The third kappa shape index (κ3) is 4.37. The highest BCUT2D eigenvalue weighted by atomic mass is 35.5. The van der Waals surface area contributed by atoms with Crippen molar-refractivity contribution in [1.29, 1.82) is 0 Å². The molecule has 0 radical (unpaired) electrons. The van der Waals surface area contributed by atoms with Crippen LogP contribution in [0.5, 0.6) is 5.75 Å². The summed E-state index contributed by atoms with van der Waals surface area (Å²) in [5, 5.41) is 3.63. The van der Waals surface area contributed by atoms with Gasteiger partial charge in [-0.3, -0.25) is 9.79 Å². The molecule has 26 heavy (non-hydrogen) atoms.